The lowest BCUT2D eigenvalue weighted by Gasteiger charge is -2.45. The van der Waals surface area contributed by atoms with Gasteiger partial charge < -0.3 is 10.6 Å². The predicted octanol–water partition coefficient (Wildman–Crippen LogP) is 1.92. The number of nitrogens with zero attached hydrogens (tertiary/aromatic N) is 2. The fourth-order valence-corrected chi connectivity index (χ4v) is 3.42. The minimum absolute atomic E-state index is 0.256. The van der Waals surface area contributed by atoms with E-state index >= 15 is 0 Å². The van der Waals surface area contributed by atoms with Crippen molar-refractivity contribution < 1.29 is 0 Å². The third kappa shape index (κ3) is 3.43. The fraction of sp³-hybridized carbons (Fsp3) is 1.00. The molecule has 1 aliphatic rings. The number of hydrogen-bond donors (Lipinski definition) is 1. The van der Waals surface area contributed by atoms with Gasteiger partial charge in [-0.2, -0.15) is 0 Å². The van der Waals surface area contributed by atoms with Crippen LogP contribution in [-0.2, 0) is 0 Å². The molecule has 0 bridgehead atoms. The number of likely N-dealkylation sites (tertiary alicyclic amines) is 1. The van der Waals surface area contributed by atoms with E-state index in [1.807, 2.05) is 0 Å². The molecule has 0 spiro atoms. The zero-order valence-electron chi connectivity index (χ0n) is 12.2. The van der Waals surface area contributed by atoms with E-state index < -0.39 is 0 Å². The molecule has 0 aromatic carbocycles. The van der Waals surface area contributed by atoms with Crippen LogP contribution in [0.15, 0.2) is 0 Å². The minimum atomic E-state index is 0.256. The van der Waals surface area contributed by atoms with Gasteiger partial charge >= 0.3 is 0 Å². The topological polar surface area (TPSA) is 32.5 Å². The van der Waals surface area contributed by atoms with Crippen molar-refractivity contribution in [2.24, 2.45) is 5.73 Å². The van der Waals surface area contributed by atoms with Crippen LogP contribution in [0.4, 0.5) is 0 Å². The first-order valence-electron chi connectivity index (χ1n) is 7.21. The Hall–Kier alpha value is -0.120. The maximum Gasteiger partial charge on any atom is 0.0332 e. The second kappa shape index (κ2) is 6.72. The third-order valence-corrected chi connectivity index (χ3v) is 4.32. The molecule has 2 atom stereocenters. The van der Waals surface area contributed by atoms with Crippen molar-refractivity contribution in [2.45, 2.75) is 57.5 Å². The first-order chi connectivity index (χ1) is 8.09. The molecule has 1 rings (SSSR count). The zero-order valence-corrected chi connectivity index (χ0v) is 12.2. The molecule has 2 N–H and O–H groups in total. The standard InChI is InChI=1S/C14H31N3/c1-5-9-14(6-2,12-15)17-10-7-8-13(17)11-16(3)4/h13H,5-12,15H2,1-4H3. The number of nitrogens with two attached hydrogens (primary N) is 1. The van der Waals surface area contributed by atoms with Gasteiger partial charge in [-0.05, 0) is 46.3 Å². The van der Waals surface area contributed by atoms with Gasteiger partial charge in [0, 0.05) is 24.7 Å². The van der Waals surface area contributed by atoms with Gasteiger partial charge in [-0.15, -0.1) is 0 Å². The fourth-order valence-electron chi connectivity index (χ4n) is 3.42. The maximum absolute atomic E-state index is 6.12. The molecular formula is C14H31N3. The van der Waals surface area contributed by atoms with Crippen LogP contribution in [0.2, 0.25) is 0 Å². The highest BCUT2D eigenvalue weighted by molar-refractivity contribution is 4.97. The summed E-state index contributed by atoms with van der Waals surface area (Å²) in [6, 6.07) is 0.708. The van der Waals surface area contributed by atoms with Crippen molar-refractivity contribution in [2.75, 3.05) is 33.7 Å². The zero-order chi connectivity index (χ0) is 12.9. The van der Waals surface area contributed by atoms with E-state index in [1.54, 1.807) is 0 Å². The average molecular weight is 241 g/mol. The Morgan fingerprint density at radius 1 is 1.35 bits per heavy atom. The highest BCUT2D eigenvalue weighted by Crippen LogP contribution is 2.32. The Labute approximate surface area is 107 Å². The number of rotatable bonds is 7. The van der Waals surface area contributed by atoms with Gasteiger partial charge in [-0.3, -0.25) is 4.90 Å². The summed E-state index contributed by atoms with van der Waals surface area (Å²) in [6.07, 6.45) is 6.33. The molecule has 1 saturated heterocycles. The maximum atomic E-state index is 6.12. The van der Waals surface area contributed by atoms with Crippen molar-refractivity contribution in [3.63, 3.8) is 0 Å². The molecule has 0 saturated carbocycles. The lowest BCUT2D eigenvalue weighted by Crippen LogP contribution is -2.57. The third-order valence-electron chi connectivity index (χ3n) is 4.32. The summed E-state index contributed by atoms with van der Waals surface area (Å²) in [7, 11) is 4.35. The van der Waals surface area contributed by atoms with Gasteiger partial charge in [-0.1, -0.05) is 20.3 Å². The van der Waals surface area contributed by atoms with Crippen LogP contribution in [0.1, 0.15) is 46.0 Å². The average Bonchev–Trinajstić information content (AvgIpc) is 2.74. The molecule has 0 radical (unpaired) electrons. The van der Waals surface area contributed by atoms with Crippen LogP contribution in [0.25, 0.3) is 0 Å². The van der Waals surface area contributed by atoms with Crippen molar-refractivity contribution >= 4 is 0 Å². The van der Waals surface area contributed by atoms with E-state index in [2.05, 4.69) is 37.7 Å². The van der Waals surface area contributed by atoms with Crippen LogP contribution in [0.3, 0.4) is 0 Å². The Morgan fingerprint density at radius 3 is 2.53 bits per heavy atom. The monoisotopic (exact) mass is 241 g/mol. The molecule has 0 amide bonds. The van der Waals surface area contributed by atoms with E-state index in [0.29, 0.717) is 6.04 Å². The van der Waals surface area contributed by atoms with E-state index in [-0.39, 0.29) is 5.54 Å². The van der Waals surface area contributed by atoms with Gasteiger partial charge in [0.1, 0.15) is 0 Å². The molecule has 0 aromatic heterocycles. The molecule has 0 aliphatic carbocycles. The summed E-state index contributed by atoms with van der Waals surface area (Å²) in [5, 5.41) is 0. The summed E-state index contributed by atoms with van der Waals surface area (Å²) >= 11 is 0. The molecule has 3 nitrogen and oxygen atoms in total. The molecule has 0 aromatic rings. The van der Waals surface area contributed by atoms with E-state index in [0.717, 1.165) is 6.54 Å². The quantitative estimate of drug-likeness (QED) is 0.739. The highest BCUT2D eigenvalue weighted by atomic mass is 15.3. The van der Waals surface area contributed by atoms with Crippen molar-refractivity contribution in [1.82, 2.24) is 9.80 Å². The van der Waals surface area contributed by atoms with Crippen LogP contribution in [0, 0.1) is 0 Å². The summed E-state index contributed by atoms with van der Waals surface area (Å²) in [4.78, 5) is 5.03. The Balaban J connectivity index is 2.77. The molecule has 102 valence electrons. The molecular weight excluding hydrogens is 210 g/mol. The summed E-state index contributed by atoms with van der Waals surface area (Å²) in [5.74, 6) is 0. The second-order valence-electron chi connectivity index (χ2n) is 5.78. The first-order valence-corrected chi connectivity index (χ1v) is 7.21. The van der Waals surface area contributed by atoms with Gasteiger partial charge in [0.15, 0.2) is 0 Å². The summed E-state index contributed by atoms with van der Waals surface area (Å²) in [5.41, 5.74) is 6.38. The second-order valence-corrected chi connectivity index (χ2v) is 5.78. The van der Waals surface area contributed by atoms with Crippen LogP contribution >= 0.6 is 0 Å². The van der Waals surface area contributed by atoms with Crippen molar-refractivity contribution in [3.05, 3.63) is 0 Å². The van der Waals surface area contributed by atoms with Crippen molar-refractivity contribution in [1.29, 1.82) is 0 Å². The van der Waals surface area contributed by atoms with Crippen LogP contribution < -0.4 is 5.73 Å². The van der Waals surface area contributed by atoms with E-state index in [4.69, 9.17) is 5.73 Å². The van der Waals surface area contributed by atoms with Gasteiger partial charge in [0.05, 0.1) is 0 Å². The number of likely N-dealkylation sites (N-methyl/N-ethyl adjacent to an activating group) is 1. The Kier molecular flexibility index (Phi) is 5.90. The lowest BCUT2D eigenvalue weighted by molar-refractivity contribution is 0.0559. The molecule has 2 unspecified atom stereocenters. The van der Waals surface area contributed by atoms with Crippen LogP contribution in [-0.4, -0.2) is 55.1 Å². The van der Waals surface area contributed by atoms with Crippen molar-refractivity contribution in [3.8, 4) is 0 Å². The summed E-state index contributed by atoms with van der Waals surface area (Å²) in [6.45, 7) is 7.79. The van der Waals surface area contributed by atoms with E-state index in [9.17, 15) is 0 Å². The Morgan fingerprint density at radius 2 is 2.06 bits per heavy atom. The molecule has 1 aliphatic heterocycles. The lowest BCUT2D eigenvalue weighted by atomic mass is 9.87. The molecule has 17 heavy (non-hydrogen) atoms. The predicted molar refractivity (Wildman–Crippen MR) is 75.3 cm³/mol. The Bertz CT molecular complexity index is 212. The molecule has 3 heteroatoms. The SMILES string of the molecule is CCCC(CC)(CN)N1CCCC1CN(C)C. The van der Waals surface area contributed by atoms with Crippen LogP contribution in [0.5, 0.6) is 0 Å². The van der Waals surface area contributed by atoms with Gasteiger partial charge in [0.2, 0.25) is 0 Å². The minimum Gasteiger partial charge on any atom is -0.329 e. The molecule has 1 fully saturated rings. The van der Waals surface area contributed by atoms with Gasteiger partial charge in [-0.25, -0.2) is 0 Å². The smallest absolute Gasteiger partial charge is 0.0332 e. The largest absolute Gasteiger partial charge is 0.329 e. The highest BCUT2D eigenvalue weighted by Gasteiger charge is 2.39. The summed E-state index contributed by atoms with van der Waals surface area (Å²) < 4.78 is 0. The van der Waals surface area contributed by atoms with E-state index in [1.165, 1.54) is 45.2 Å². The first kappa shape index (κ1) is 14.9. The molecule has 1 heterocycles. The van der Waals surface area contributed by atoms with Gasteiger partial charge in [0.25, 0.3) is 0 Å². The number of hydrogen-bond acceptors (Lipinski definition) is 3. The normalized spacial score (nSPS) is 25.4.